The Hall–Kier alpha value is -1.61. The average molecular weight is 257 g/mol. The molecule has 2 aromatic rings. The molecule has 0 aliphatic heterocycles. The third-order valence-corrected chi connectivity index (χ3v) is 3.30. The summed E-state index contributed by atoms with van der Waals surface area (Å²) < 4.78 is 1.99. The Kier molecular flexibility index (Phi) is 4.38. The van der Waals surface area contributed by atoms with Crippen LogP contribution in [0.2, 0.25) is 0 Å². The number of hydrogen-bond donors (Lipinski definition) is 1. The van der Waals surface area contributed by atoms with Crippen LogP contribution in [-0.4, -0.2) is 16.3 Å². The Balaban J connectivity index is 2.31. The largest absolute Gasteiger partial charge is 0.313 e. The normalized spacial score (nSPS) is 11.2. The fraction of sp³-hybridized carbons (Fsp3) is 0.438. The lowest BCUT2D eigenvalue weighted by Gasteiger charge is -2.10. The minimum Gasteiger partial charge on any atom is -0.313 e. The molecule has 0 saturated heterocycles. The highest BCUT2D eigenvalue weighted by Gasteiger charge is 2.07. The summed E-state index contributed by atoms with van der Waals surface area (Å²) in [6.07, 6.45) is 2.05. The van der Waals surface area contributed by atoms with E-state index in [1.165, 1.54) is 16.8 Å². The summed E-state index contributed by atoms with van der Waals surface area (Å²) in [4.78, 5) is 0. The first-order valence-corrected chi connectivity index (χ1v) is 6.98. The molecule has 0 aliphatic carbocycles. The second kappa shape index (κ2) is 6.02. The summed E-state index contributed by atoms with van der Waals surface area (Å²) in [6, 6.07) is 8.66. The lowest BCUT2D eigenvalue weighted by atomic mass is 10.1. The molecule has 102 valence electrons. The van der Waals surface area contributed by atoms with Crippen molar-refractivity contribution in [2.75, 3.05) is 6.54 Å². The molecule has 0 radical (unpaired) electrons. The van der Waals surface area contributed by atoms with Crippen LogP contribution in [0.15, 0.2) is 30.5 Å². The molecule has 0 amide bonds. The molecular weight excluding hydrogens is 234 g/mol. The van der Waals surface area contributed by atoms with E-state index in [1.807, 2.05) is 4.68 Å². The van der Waals surface area contributed by atoms with Crippen molar-refractivity contribution in [3.05, 3.63) is 47.3 Å². The summed E-state index contributed by atoms with van der Waals surface area (Å²) in [5, 5.41) is 8.01. The first-order valence-electron chi connectivity index (χ1n) is 6.98. The fourth-order valence-electron chi connectivity index (χ4n) is 2.06. The molecule has 3 heteroatoms. The maximum Gasteiger partial charge on any atom is 0.0678 e. The van der Waals surface area contributed by atoms with Crippen LogP contribution in [0.4, 0.5) is 0 Å². The van der Waals surface area contributed by atoms with Gasteiger partial charge in [-0.3, -0.25) is 0 Å². The van der Waals surface area contributed by atoms with E-state index in [-0.39, 0.29) is 0 Å². The molecule has 1 aromatic heterocycles. The van der Waals surface area contributed by atoms with Gasteiger partial charge in [-0.25, -0.2) is 4.68 Å². The molecule has 0 bridgehead atoms. The van der Waals surface area contributed by atoms with Gasteiger partial charge in [-0.1, -0.05) is 32.9 Å². The van der Waals surface area contributed by atoms with E-state index in [1.54, 1.807) is 0 Å². The molecule has 0 fully saturated rings. The van der Waals surface area contributed by atoms with E-state index < -0.39 is 0 Å². The molecule has 0 aliphatic rings. The van der Waals surface area contributed by atoms with Gasteiger partial charge in [0, 0.05) is 12.7 Å². The van der Waals surface area contributed by atoms with E-state index in [0.29, 0.717) is 5.92 Å². The van der Waals surface area contributed by atoms with Gasteiger partial charge in [0.05, 0.1) is 11.4 Å². The molecule has 0 atom stereocenters. The van der Waals surface area contributed by atoms with Gasteiger partial charge in [0.25, 0.3) is 0 Å². The van der Waals surface area contributed by atoms with E-state index >= 15 is 0 Å². The van der Waals surface area contributed by atoms with Crippen molar-refractivity contribution in [3.8, 4) is 5.69 Å². The Morgan fingerprint density at radius 3 is 2.68 bits per heavy atom. The number of benzene rings is 1. The molecule has 1 heterocycles. The van der Waals surface area contributed by atoms with Crippen LogP contribution in [0.25, 0.3) is 5.69 Å². The summed E-state index contributed by atoms with van der Waals surface area (Å²) in [5.41, 5.74) is 4.85. The Bertz CT molecular complexity index is 541. The molecule has 1 N–H and O–H groups in total. The quantitative estimate of drug-likeness (QED) is 0.889. The first-order chi connectivity index (χ1) is 9.11. The maximum absolute atomic E-state index is 4.66. The number of aryl methyl sites for hydroxylation is 1. The van der Waals surface area contributed by atoms with Crippen molar-refractivity contribution in [1.29, 1.82) is 0 Å². The molecule has 19 heavy (non-hydrogen) atoms. The number of nitrogens with zero attached hydrogens (tertiary/aromatic N) is 2. The predicted octanol–water partition coefficient (Wildman–Crippen LogP) is 3.41. The minimum atomic E-state index is 0.464. The molecular formula is C16H23N3. The van der Waals surface area contributed by atoms with Crippen molar-refractivity contribution >= 4 is 0 Å². The van der Waals surface area contributed by atoms with Crippen LogP contribution < -0.4 is 5.32 Å². The number of rotatable bonds is 5. The lowest BCUT2D eigenvalue weighted by Crippen LogP contribution is -2.12. The second-order valence-corrected chi connectivity index (χ2v) is 5.24. The average Bonchev–Trinajstić information content (AvgIpc) is 2.87. The van der Waals surface area contributed by atoms with Crippen molar-refractivity contribution < 1.29 is 0 Å². The van der Waals surface area contributed by atoms with Crippen LogP contribution in [0.5, 0.6) is 0 Å². The standard InChI is InChI=1S/C16H23N3/c1-5-17-11-14-7-6-13(4)16(10-14)19-9-8-15(18-19)12(2)3/h6-10,12,17H,5,11H2,1-4H3. The van der Waals surface area contributed by atoms with Gasteiger partial charge in [-0.15, -0.1) is 0 Å². The zero-order valence-electron chi connectivity index (χ0n) is 12.3. The summed E-state index contributed by atoms with van der Waals surface area (Å²) in [6.45, 7) is 10.5. The predicted molar refractivity (Wildman–Crippen MR) is 79.8 cm³/mol. The summed E-state index contributed by atoms with van der Waals surface area (Å²) >= 11 is 0. The minimum absolute atomic E-state index is 0.464. The third-order valence-electron chi connectivity index (χ3n) is 3.30. The van der Waals surface area contributed by atoms with Crippen molar-refractivity contribution in [3.63, 3.8) is 0 Å². The van der Waals surface area contributed by atoms with Gasteiger partial charge in [0.1, 0.15) is 0 Å². The second-order valence-electron chi connectivity index (χ2n) is 5.24. The topological polar surface area (TPSA) is 29.9 Å². The first kappa shape index (κ1) is 13.8. The number of aromatic nitrogens is 2. The maximum atomic E-state index is 4.66. The third kappa shape index (κ3) is 3.24. The van der Waals surface area contributed by atoms with Crippen LogP contribution in [0.3, 0.4) is 0 Å². The van der Waals surface area contributed by atoms with Crippen molar-refractivity contribution in [2.24, 2.45) is 0 Å². The van der Waals surface area contributed by atoms with Gasteiger partial charge < -0.3 is 5.32 Å². The zero-order chi connectivity index (χ0) is 13.8. The van der Waals surface area contributed by atoms with E-state index in [9.17, 15) is 0 Å². The Morgan fingerprint density at radius 1 is 1.26 bits per heavy atom. The van der Waals surface area contributed by atoms with Gasteiger partial charge in [0.15, 0.2) is 0 Å². The van der Waals surface area contributed by atoms with Crippen molar-refractivity contribution in [1.82, 2.24) is 15.1 Å². The van der Waals surface area contributed by atoms with Gasteiger partial charge in [-0.2, -0.15) is 5.10 Å². The van der Waals surface area contributed by atoms with E-state index in [2.05, 4.69) is 68.6 Å². The molecule has 3 nitrogen and oxygen atoms in total. The zero-order valence-corrected chi connectivity index (χ0v) is 12.3. The van der Waals surface area contributed by atoms with Gasteiger partial charge in [0.2, 0.25) is 0 Å². The summed E-state index contributed by atoms with van der Waals surface area (Å²) in [7, 11) is 0. The van der Waals surface area contributed by atoms with Crippen LogP contribution in [0, 0.1) is 6.92 Å². The monoisotopic (exact) mass is 257 g/mol. The highest BCUT2D eigenvalue weighted by molar-refractivity contribution is 5.43. The lowest BCUT2D eigenvalue weighted by molar-refractivity contribution is 0.723. The van der Waals surface area contributed by atoms with Gasteiger partial charge in [-0.05, 0) is 42.6 Å². The SMILES string of the molecule is CCNCc1ccc(C)c(-n2ccc(C(C)C)n2)c1. The van der Waals surface area contributed by atoms with Gasteiger partial charge >= 0.3 is 0 Å². The van der Waals surface area contributed by atoms with E-state index in [0.717, 1.165) is 18.8 Å². The molecule has 1 aromatic carbocycles. The Labute approximate surface area is 115 Å². The molecule has 2 rings (SSSR count). The molecule has 0 spiro atoms. The number of hydrogen-bond acceptors (Lipinski definition) is 2. The number of nitrogens with one attached hydrogen (secondary N) is 1. The van der Waals surface area contributed by atoms with Crippen LogP contribution in [-0.2, 0) is 6.54 Å². The highest BCUT2D eigenvalue weighted by atomic mass is 15.3. The van der Waals surface area contributed by atoms with E-state index in [4.69, 9.17) is 0 Å². The van der Waals surface area contributed by atoms with Crippen LogP contribution in [0.1, 0.15) is 43.5 Å². The summed E-state index contributed by atoms with van der Waals surface area (Å²) in [5.74, 6) is 0.464. The molecule has 0 unspecified atom stereocenters. The van der Waals surface area contributed by atoms with Crippen molar-refractivity contribution in [2.45, 2.75) is 40.2 Å². The van der Waals surface area contributed by atoms with Crippen LogP contribution >= 0.6 is 0 Å². The molecule has 0 saturated carbocycles. The Morgan fingerprint density at radius 2 is 2.05 bits per heavy atom. The highest BCUT2D eigenvalue weighted by Crippen LogP contribution is 2.18. The smallest absolute Gasteiger partial charge is 0.0678 e. The fourth-order valence-corrected chi connectivity index (χ4v) is 2.06.